The minimum Gasteiger partial charge on any atom is -0.479 e. The van der Waals surface area contributed by atoms with Gasteiger partial charge in [-0.3, -0.25) is 33.0 Å². The number of aliphatic hydroxyl groups is 9. The summed E-state index contributed by atoms with van der Waals surface area (Å²) in [6.07, 6.45) is -17.1. The van der Waals surface area contributed by atoms with Gasteiger partial charge < -0.3 is 85.5 Å². The molecule has 3 aliphatic rings. The summed E-state index contributed by atoms with van der Waals surface area (Å²) in [6.45, 7) is 5.55. The molecule has 1 aromatic rings. The quantitative estimate of drug-likeness (QED) is 0.0175. The maximum atomic E-state index is 13.8. The number of rotatable bonds is 28. The van der Waals surface area contributed by atoms with Gasteiger partial charge in [-0.2, -0.15) is 0 Å². The van der Waals surface area contributed by atoms with Gasteiger partial charge in [-0.15, -0.1) is 0 Å². The van der Waals surface area contributed by atoms with E-state index in [9.17, 15) is 84.5 Å². The number of carboxylic acids is 1. The van der Waals surface area contributed by atoms with Crippen molar-refractivity contribution in [2.45, 2.75) is 184 Å². The number of nitrogens with zero attached hydrogens (tertiary/aromatic N) is 1. The Morgan fingerprint density at radius 3 is 2.04 bits per heavy atom. The maximum absolute atomic E-state index is 13.8. The van der Waals surface area contributed by atoms with Gasteiger partial charge in [0.05, 0.1) is 25.9 Å². The number of amides is 2. The number of aromatic nitrogens is 2. The highest BCUT2D eigenvalue weighted by atomic mass is 31.2. The third kappa shape index (κ3) is 17.9. The molecule has 0 radical (unpaired) electrons. The summed E-state index contributed by atoms with van der Waals surface area (Å²) < 4.78 is 46.6. The number of aromatic amines is 1. The van der Waals surface area contributed by atoms with Gasteiger partial charge in [0, 0.05) is 24.8 Å². The van der Waals surface area contributed by atoms with E-state index in [2.05, 4.69) is 31.4 Å². The van der Waals surface area contributed by atoms with Gasteiger partial charge in [-0.25, -0.2) is 14.2 Å². The van der Waals surface area contributed by atoms with E-state index in [0.29, 0.717) is 4.57 Å². The zero-order chi connectivity index (χ0) is 54.3. The fraction of sp³-hybridized carbons (Fsp3) is 0.756. The molecule has 416 valence electrons. The molecule has 2 amide bonds. The fourth-order valence-corrected chi connectivity index (χ4v) is 9.47. The molecular weight excluding hydrogens is 995 g/mol. The minimum atomic E-state index is -5.98. The Labute approximate surface area is 420 Å². The monoisotopic (exact) mass is 1070 g/mol. The Morgan fingerprint density at radius 2 is 1.42 bits per heavy atom. The van der Waals surface area contributed by atoms with Crippen LogP contribution in [-0.4, -0.2) is 195 Å². The fourth-order valence-electron chi connectivity index (χ4n) is 8.46. The number of unbranched alkanes of at least 4 members (excludes halogenated alkanes) is 4. The Kier molecular flexibility index (Phi) is 24.4. The smallest absolute Gasteiger partial charge is 0.475 e. The second kappa shape index (κ2) is 28.9. The molecule has 14 N–H and O–H groups in total. The average Bonchev–Trinajstić information content (AvgIpc) is 3.61. The zero-order valence-electron chi connectivity index (χ0n) is 41.0. The molecule has 3 saturated heterocycles. The molecule has 0 aliphatic carbocycles. The molecule has 1 aromatic heterocycles. The lowest BCUT2D eigenvalue weighted by molar-refractivity contribution is -0.318. The van der Waals surface area contributed by atoms with Crippen molar-refractivity contribution in [2.75, 3.05) is 19.8 Å². The number of ether oxygens (including phenoxy) is 4. The second-order valence-corrected chi connectivity index (χ2v) is 20.1. The van der Waals surface area contributed by atoms with E-state index >= 15 is 0 Å². The Hall–Kier alpha value is -3.84. The van der Waals surface area contributed by atoms with Gasteiger partial charge in [0.15, 0.2) is 24.9 Å². The number of carbonyl (C=O) groups is 3. The highest BCUT2D eigenvalue weighted by Crippen LogP contribution is 2.49. The predicted octanol–water partition coefficient (Wildman–Crippen LogP) is -2.73. The number of carbonyl (C=O) groups excluding carboxylic acids is 2. The van der Waals surface area contributed by atoms with Gasteiger partial charge in [-0.1, -0.05) is 83.4 Å². The first kappa shape index (κ1) is 61.7. The van der Waals surface area contributed by atoms with Gasteiger partial charge in [0.2, 0.25) is 11.8 Å². The Balaban J connectivity index is 1.47. The highest BCUT2D eigenvalue weighted by molar-refractivity contribution is 7.47. The normalized spacial score (nSPS) is 32.4. The molecule has 19 unspecified atom stereocenters. The van der Waals surface area contributed by atoms with Crippen LogP contribution in [0.4, 0.5) is 0 Å². The summed E-state index contributed by atoms with van der Waals surface area (Å²) in [4.78, 5) is 75.9. The van der Waals surface area contributed by atoms with Crippen molar-refractivity contribution in [3.63, 3.8) is 0 Å². The van der Waals surface area contributed by atoms with E-state index in [1.165, 1.54) is 38.2 Å². The SMILES string of the molecule is CCC(C)CCCCCCCC(C)/C=C(C)/C=C/C(=O)NCC(=O)NC1C(OP(=O)(O)OC(C(=O)O)C(CC2OC(n3ccc(=O)[nH]c3=O)C(O)C2O)OC2OC(CO)C(O)C(O)C2O)OC(CO)C(O)C1O. The highest BCUT2D eigenvalue weighted by Gasteiger charge is 2.53. The number of hydrogen-bond acceptors (Lipinski definition) is 21. The molecule has 0 aromatic carbocycles. The van der Waals surface area contributed by atoms with Crippen LogP contribution >= 0.6 is 7.82 Å². The minimum absolute atomic E-state index is 0.244. The van der Waals surface area contributed by atoms with Crippen LogP contribution in [-0.2, 0) is 46.9 Å². The van der Waals surface area contributed by atoms with Crippen molar-refractivity contribution < 1.29 is 103 Å². The van der Waals surface area contributed by atoms with Gasteiger partial charge >= 0.3 is 19.5 Å². The molecule has 19 atom stereocenters. The number of aliphatic carboxylic acids is 1. The Bertz CT molecular complexity index is 2160. The standard InChI is InChI=1S/C45H73N4O23P/c1-5-22(2)11-9-7-6-8-10-12-23(3)17-24(4)13-14-29(52)46-19-31(54)47-32-36(58)34(56)27(20-50)69-43(32)72-73(65,66)71-40(42(62)63)26(68-44-39(61)37(59)35(57)28(21-51)70-44)18-25-33(55)38(60)41(67-25)49-16-15-30(53)48-45(49)64/h13-17,22-23,25-28,32-41,43-44,50-51,55-61H,5-12,18-21H2,1-4H3,(H,46,52)(H,47,54)(H,62,63)(H,65,66)(H,48,53,64)/b14-13+,24-17+. The van der Waals surface area contributed by atoms with E-state index in [1.807, 2.05) is 18.0 Å². The van der Waals surface area contributed by atoms with E-state index < -0.39 is 161 Å². The Morgan fingerprint density at radius 1 is 0.822 bits per heavy atom. The molecule has 28 heteroatoms. The number of hydrogen-bond donors (Lipinski definition) is 14. The van der Waals surface area contributed by atoms with Crippen LogP contribution in [0.2, 0.25) is 0 Å². The van der Waals surface area contributed by atoms with E-state index in [-0.39, 0.29) is 5.92 Å². The maximum Gasteiger partial charge on any atom is 0.475 e. The third-order valence-electron chi connectivity index (χ3n) is 12.9. The molecule has 0 saturated carbocycles. The summed E-state index contributed by atoms with van der Waals surface area (Å²) in [5, 5.41) is 109. The molecule has 73 heavy (non-hydrogen) atoms. The third-order valence-corrected chi connectivity index (χ3v) is 13.8. The number of carboxylic acid groups (broad SMARTS) is 1. The number of phosphoric acid groups is 1. The molecule has 4 heterocycles. The molecule has 0 spiro atoms. The molecule has 0 bridgehead atoms. The largest absolute Gasteiger partial charge is 0.479 e. The lowest BCUT2D eigenvalue weighted by Gasteiger charge is -2.43. The van der Waals surface area contributed by atoms with Crippen LogP contribution in [0.15, 0.2) is 45.7 Å². The van der Waals surface area contributed by atoms with Crippen molar-refractivity contribution in [2.24, 2.45) is 11.8 Å². The van der Waals surface area contributed by atoms with Crippen LogP contribution in [0.5, 0.6) is 0 Å². The molecule has 3 aliphatic heterocycles. The molecule has 27 nitrogen and oxygen atoms in total. The van der Waals surface area contributed by atoms with Crippen LogP contribution in [0, 0.1) is 11.8 Å². The topological polar surface area (TPSA) is 425 Å². The number of nitrogens with one attached hydrogen (secondary N) is 3. The van der Waals surface area contributed by atoms with Crippen molar-refractivity contribution in [1.29, 1.82) is 0 Å². The summed E-state index contributed by atoms with van der Waals surface area (Å²) in [7, 11) is -5.98. The molecule has 3 fully saturated rings. The van der Waals surface area contributed by atoms with E-state index in [4.69, 9.17) is 28.0 Å². The van der Waals surface area contributed by atoms with Crippen LogP contribution in [0.3, 0.4) is 0 Å². The van der Waals surface area contributed by atoms with Gasteiger partial charge in [0.1, 0.15) is 67.1 Å². The first-order valence-corrected chi connectivity index (χ1v) is 25.7. The van der Waals surface area contributed by atoms with E-state index in [1.54, 1.807) is 6.08 Å². The van der Waals surface area contributed by atoms with Crippen LogP contribution < -0.4 is 21.9 Å². The first-order chi connectivity index (χ1) is 34.4. The lowest BCUT2D eigenvalue weighted by atomic mass is 9.97. The number of allylic oxidation sites excluding steroid dienone is 3. The number of phosphoric ester groups is 1. The first-order valence-electron chi connectivity index (χ1n) is 24.2. The van der Waals surface area contributed by atoms with E-state index in [0.717, 1.165) is 43.0 Å². The van der Waals surface area contributed by atoms with Crippen molar-refractivity contribution >= 4 is 25.6 Å². The van der Waals surface area contributed by atoms with Crippen molar-refractivity contribution in [3.8, 4) is 0 Å². The summed E-state index contributed by atoms with van der Waals surface area (Å²) in [5.41, 5.74) is -1.15. The summed E-state index contributed by atoms with van der Waals surface area (Å²) >= 11 is 0. The van der Waals surface area contributed by atoms with Crippen molar-refractivity contribution in [1.82, 2.24) is 20.2 Å². The van der Waals surface area contributed by atoms with Gasteiger partial charge in [-0.05, 0) is 25.2 Å². The second-order valence-electron chi connectivity index (χ2n) is 18.7. The lowest BCUT2D eigenvalue weighted by Crippen LogP contribution is -2.65. The molecular formula is C45H73N4O23P. The zero-order valence-corrected chi connectivity index (χ0v) is 41.9. The summed E-state index contributed by atoms with van der Waals surface area (Å²) in [6, 6.07) is -1.13. The number of aliphatic hydroxyl groups excluding tert-OH is 9. The van der Waals surface area contributed by atoms with Gasteiger partial charge in [0.25, 0.3) is 5.56 Å². The van der Waals surface area contributed by atoms with Crippen LogP contribution in [0.25, 0.3) is 0 Å². The summed E-state index contributed by atoms with van der Waals surface area (Å²) in [5.74, 6) is -2.93. The van der Waals surface area contributed by atoms with Crippen LogP contribution in [0.1, 0.15) is 91.7 Å². The van der Waals surface area contributed by atoms with Crippen molar-refractivity contribution in [3.05, 3.63) is 56.9 Å². The number of H-pyrrole nitrogens is 1. The average molecular weight is 1070 g/mol. The molecule has 4 rings (SSSR count). The predicted molar refractivity (Wildman–Crippen MR) is 250 cm³/mol.